The second-order valence-corrected chi connectivity index (χ2v) is 8.39. The van der Waals surface area contributed by atoms with Gasteiger partial charge in [-0.1, -0.05) is 36.4 Å². The second-order valence-electron chi connectivity index (χ2n) is 8.39. The molecule has 0 bridgehead atoms. The number of benzene rings is 2. The largest absolute Gasteiger partial charge is 0.305 e. The zero-order valence-corrected chi connectivity index (χ0v) is 17.9. The first-order valence-electron chi connectivity index (χ1n) is 10.9. The topological polar surface area (TPSA) is 34.6 Å². The number of fused-ring (bicyclic) bond motifs is 12. The van der Waals surface area contributed by atoms with E-state index >= 15 is 0 Å². The minimum Gasteiger partial charge on any atom is -0.305 e. The molecule has 0 unspecified atom stereocenters. The SMILES string of the molecule is Cc1c2ccccc2n2c3cccnc3c3ncccc3n3c4ccccc4c(C)c3c12. The molecular weight excluding hydrogens is 392 g/mol. The van der Waals surface area contributed by atoms with E-state index in [2.05, 4.69) is 83.3 Å². The summed E-state index contributed by atoms with van der Waals surface area (Å²) in [7, 11) is 0. The molecule has 7 rings (SSSR count). The number of pyridine rings is 2. The van der Waals surface area contributed by atoms with Crippen molar-refractivity contribution in [2.45, 2.75) is 13.8 Å². The quantitative estimate of drug-likeness (QED) is 0.275. The van der Waals surface area contributed by atoms with E-state index in [0.29, 0.717) is 0 Å². The van der Waals surface area contributed by atoms with E-state index in [-0.39, 0.29) is 0 Å². The lowest BCUT2D eigenvalue weighted by atomic mass is 10.1. The average molecular weight is 412 g/mol. The first-order chi connectivity index (χ1) is 15.8. The fourth-order valence-corrected chi connectivity index (χ4v) is 5.39. The van der Waals surface area contributed by atoms with Gasteiger partial charge in [0.2, 0.25) is 0 Å². The molecule has 0 spiro atoms. The van der Waals surface area contributed by atoms with Crippen molar-refractivity contribution in [2.75, 3.05) is 0 Å². The standard InChI is InChI=1S/C28H20N4/c1-17-19-9-3-5-11-21(19)31-23-13-7-15-29-25(23)26-24(14-8-16-30-26)32-22-12-6-4-10-20(22)18(2)28(32)27(17)31/h3-16H,1-2H3. The number of rotatable bonds is 0. The highest BCUT2D eigenvalue weighted by Gasteiger charge is 2.19. The van der Waals surface area contributed by atoms with Gasteiger partial charge in [0.1, 0.15) is 11.0 Å². The number of aromatic nitrogens is 4. The molecule has 2 aromatic carbocycles. The highest BCUT2D eigenvalue weighted by atomic mass is 15.0. The molecule has 152 valence electrons. The molecule has 4 nitrogen and oxygen atoms in total. The van der Waals surface area contributed by atoms with Crippen LogP contribution in [0.5, 0.6) is 0 Å². The average Bonchev–Trinajstić information content (AvgIpc) is 3.29. The van der Waals surface area contributed by atoms with Crippen molar-refractivity contribution >= 4 is 54.9 Å². The monoisotopic (exact) mass is 412 g/mol. The Kier molecular flexibility index (Phi) is 3.37. The van der Waals surface area contributed by atoms with Gasteiger partial charge < -0.3 is 8.80 Å². The van der Waals surface area contributed by atoms with Crippen molar-refractivity contribution in [2.24, 2.45) is 0 Å². The number of hydrogen-bond donors (Lipinski definition) is 0. The van der Waals surface area contributed by atoms with Gasteiger partial charge in [0, 0.05) is 23.2 Å². The summed E-state index contributed by atoms with van der Waals surface area (Å²) in [5.74, 6) is 0. The van der Waals surface area contributed by atoms with Gasteiger partial charge in [-0.15, -0.1) is 0 Å². The van der Waals surface area contributed by atoms with Crippen LogP contribution in [0, 0.1) is 13.8 Å². The van der Waals surface area contributed by atoms with Crippen LogP contribution in [0.2, 0.25) is 0 Å². The molecule has 4 heteroatoms. The summed E-state index contributed by atoms with van der Waals surface area (Å²) in [5, 5.41) is 2.51. The Hall–Kier alpha value is -4.18. The minimum absolute atomic E-state index is 0.895. The van der Waals surface area contributed by atoms with Gasteiger partial charge in [-0.2, -0.15) is 0 Å². The van der Waals surface area contributed by atoms with E-state index < -0.39 is 0 Å². The Labute approximate surface area is 184 Å². The van der Waals surface area contributed by atoms with Crippen LogP contribution in [-0.2, 0) is 0 Å². The van der Waals surface area contributed by atoms with E-state index in [0.717, 1.165) is 22.1 Å². The fourth-order valence-electron chi connectivity index (χ4n) is 5.39. The first-order valence-corrected chi connectivity index (χ1v) is 10.9. The predicted octanol–water partition coefficient (Wildman–Crippen LogP) is 6.77. The normalized spacial score (nSPS) is 12.1. The van der Waals surface area contributed by atoms with Gasteiger partial charge in [0.25, 0.3) is 0 Å². The summed E-state index contributed by atoms with van der Waals surface area (Å²) in [6.07, 6.45) is 3.72. The summed E-state index contributed by atoms with van der Waals surface area (Å²) in [6, 6.07) is 25.6. The van der Waals surface area contributed by atoms with Gasteiger partial charge >= 0.3 is 0 Å². The van der Waals surface area contributed by atoms with E-state index in [4.69, 9.17) is 9.97 Å². The van der Waals surface area contributed by atoms with E-state index in [1.54, 1.807) is 0 Å². The van der Waals surface area contributed by atoms with Crippen molar-refractivity contribution in [1.29, 1.82) is 0 Å². The predicted molar refractivity (Wildman–Crippen MR) is 132 cm³/mol. The van der Waals surface area contributed by atoms with Crippen molar-refractivity contribution < 1.29 is 0 Å². The van der Waals surface area contributed by atoms with Crippen LogP contribution >= 0.6 is 0 Å². The maximum absolute atomic E-state index is 4.84. The van der Waals surface area contributed by atoms with Crippen LogP contribution in [0.1, 0.15) is 11.1 Å². The summed E-state index contributed by atoms with van der Waals surface area (Å²) < 4.78 is 4.75. The Balaban J connectivity index is 2.04. The molecule has 0 saturated heterocycles. The summed E-state index contributed by atoms with van der Waals surface area (Å²) >= 11 is 0. The van der Waals surface area contributed by atoms with Crippen LogP contribution in [0.25, 0.3) is 54.9 Å². The van der Waals surface area contributed by atoms with E-state index in [1.807, 2.05) is 24.5 Å². The third-order valence-electron chi connectivity index (χ3n) is 6.76. The molecular formula is C28H20N4. The second kappa shape index (κ2) is 6.17. The Bertz CT molecular complexity index is 1760. The van der Waals surface area contributed by atoms with Gasteiger partial charge in [-0.3, -0.25) is 9.97 Å². The van der Waals surface area contributed by atoms with Crippen LogP contribution in [0.4, 0.5) is 0 Å². The third-order valence-corrected chi connectivity index (χ3v) is 6.76. The number of aryl methyl sites for hydroxylation is 2. The summed E-state index contributed by atoms with van der Waals surface area (Å²) in [4.78, 5) is 9.68. The van der Waals surface area contributed by atoms with Crippen molar-refractivity contribution in [3.63, 3.8) is 0 Å². The zero-order chi connectivity index (χ0) is 21.4. The molecule has 0 aliphatic rings. The lowest BCUT2D eigenvalue weighted by Gasteiger charge is -2.09. The fraction of sp³-hybridized carbons (Fsp3) is 0.0714. The highest BCUT2D eigenvalue weighted by Crippen LogP contribution is 2.37. The van der Waals surface area contributed by atoms with E-state index in [9.17, 15) is 0 Å². The maximum atomic E-state index is 4.84. The zero-order valence-electron chi connectivity index (χ0n) is 17.9. The maximum Gasteiger partial charge on any atom is 0.115 e. The molecule has 0 radical (unpaired) electrons. The molecule has 0 atom stereocenters. The minimum atomic E-state index is 0.895. The Morgan fingerprint density at radius 2 is 0.906 bits per heavy atom. The lowest BCUT2D eigenvalue weighted by Crippen LogP contribution is -1.96. The third kappa shape index (κ3) is 2.06. The smallest absolute Gasteiger partial charge is 0.115 e. The number of para-hydroxylation sites is 2. The summed E-state index contributed by atoms with van der Waals surface area (Å²) in [5.41, 5.74) is 11.2. The molecule has 5 heterocycles. The molecule has 7 aromatic rings. The summed E-state index contributed by atoms with van der Waals surface area (Å²) in [6.45, 7) is 4.47. The molecule has 0 fully saturated rings. The van der Waals surface area contributed by atoms with E-state index in [1.165, 1.54) is 44.0 Å². The highest BCUT2D eigenvalue weighted by molar-refractivity contribution is 6.10. The Morgan fingerprint density at radius 1 is 0.500 bits per heavy atom. The van der Waals surface area contributed by atoms with Gasteiger partial charge in [-0.05, 0) is 61.4 Å². The molecule has 0 saturated carbocycles. The molecule has 0 aliphatic carbocycles. The van der Waals surface area contributed by atoms with Crippen LogP contribution in [0.15, 0.2) is 85.2 Å². The Morgan fingerprint density at radius 3 is 1.38 bits per heavy atom. The molecule has 32 heavy (non-hydrogen) atoms. The van der Waals surface area contributed by atoms with Gasteiger partial charge in [0.05, 0.1) is 33.1 Å². The van der Waals surface area contributed by atoms with Crippen LogP contribution in [0.3, 0.4) is 0 Å². The molecule has 0 N–H and O–H groups in total. The molecule has 0 aliphatic heterocycles. The molecule has 5 aromatic heterocycles. The van der Waals surface area contributed by atoms with Crippen molar-refractivity contribution in [1.82, 2.24) is 18.8 Å². The first kappa shape index (κ1) is 17.5. The van der Waals surface area contributed by atoms with Gasteiger partial charge in [0.15, 0.2) is 0 Å². The van der Waals surface area contributed by atoms with Crippen molar-refractivity contribution in [3.05, 3.63) is 96.3 Å². The van der Waals surface area contributed by atoms with Crippen molar-refractivity contribution in [3.8, 4) is 0 Å². The van der Waals surface area contributed by atoms with Crippen LogP contribution in [-0.4, -0.2) is 18.8 Å². The lowest BCUT2D eigenvalue weighted by molar-refractivity contribution is 1.25. The number of hydrogen-bond acceptors (Lipinski definition) is 2. The van der Waals surface area contributed by atoms with Crippen LogP contribution < -0.4 is 0 Å². The number of nitrogens with zero attached hydrogens (tertiary/aromatic N) is 4. The van der Waals surface area contributed by atoms with Gasteiger partial charge in [-0.25, -0.2) is 0 Å². The molecule has 0 amide bonds.